The summed E-state index contributed by atoms with van der Waals surface area (Å²) in [5.74, 6) is 0.817. The number of nitrogens with zero attached hydrogens (tertiary/aromatic N) is 2. The minimum Gasteiger partial charge on any atom is -0.418 e. The highest BCUT2D eigenvalue weighted by atomic mass is 19.4. The molecule has 0 saturated carbocycles. The van der Waals surface area contributed by atoms with E-state index in [-0.39, 0.29) is 0 Å². The lowest BCUT2D eigenvalue weighted by atomic mass is 9.97. The van der Waals surface area contributed by atoms with E-state index in [1.165, 1.54) is 12.1 Å². The van der Waals surface area contributed by atoms with E-state index in [1.54, 1.807) is 0 Å². The van der Waals surface area contributed by atoms with Gasteiger partial charge in [0.05, 0.1) is 12.2 Å². The maximum absolute atomic E-state index is 12.7. The van der Waals surface area contributed by atoms with Gasteiger partial charge in [-0.1, -0.05) is 30.3 Å². The van der Waals surface area contributed by atoms with E-state index in [9.17, 15) is 13.2 Å². The van der Waals surface area contributed by atoms with Crippen LogP contribution in [0.3, 0.4) is 0 Å². The van der Waals surface area contributed by atoms with Gasteiger partial charge >= 0.3 is 6.18 Å². The molecule has 1 fully saturated rings. The van der Waals surface area contributed by atoms with Gasteiger partial charge in [-0.2, -0.15) is 13.2 Å². The normalized spacial score (nSPS) is 19.7. The number of ether oxygens (including phenoxy) is 1. The maximum atomic E-state index is 12.7. The van der Waals surface area contributed by atoms with E-state index in [2.05, 4.69) is 10.2 Å². The first kappa shape index (κ1) is 17.7. The number of halogens is 3. The summed E-state index contributed by atoms with van der Waals surface area (Å²) in [5, 5.41) is 8.24. The molecule has 1 saturated heterocycles. The van der Waals surface area contributed by atoms with Gasteiger partial charge < -0.3 is 9.15 Å². The van der Waals surface area contributed by atoms with Crippen LogP contribution in [0.15, 0.2) is 52.9 Å². The Balaban J connectivity index is 1.60. The number of aromatic nitrogens is 2. The van der Waals surface area contributed by atoms with Gasteiger partial charge in [0.25, 0.3) is 0 Å². The molecule has 140 valence electrons. The first-order chi connectivity index (χ1) is 12.9. The van der Waals surface area contributed by atoms with Gasteiger partial charge in [-0.3, -0.25) is 0 Å². The molecule has 4 nitrogen and oxygen atoms in total. The van der Waals surface area contributed by atoms with Gasteiger partial charge in [-0.25, -0.2) is 0 Å². The molecule has 1 aliphatic heterocycles. The minimum atomic E-state index is -4.34. The summed E-state index contributed by atoms with van der Waals surface area (Å²) in [5.41, 5.74) is 1.23. The van der Waals surface area contributed by atoms with Crippen LogP contribution in [0.1, 0.15) is 35.9 Å². The van der Waals surface area contributed by atoms with Crippen molar-refractivity contribution in [2.45, 2.75) is 31.5 Å². The molecular weight excluding hydrogens is 357 g/mol. The Hall–Kier alpha value is -2.67. The van der Waals surface area contributed by atoms with Gasteiger partial charge in [0.1, 0.15) is 5.60 Å². The molecule has 3 aromatic rings. The van der Waals surface area contributed by atoms with Crippen molar-refractivity contribution in [3.05, 3.63) is 71.1 Å². The lowest BCUT2D eigenvalue weighted by molar-refractivity contribution is -0.155. The Kier molecular flexibility index (Phi) is 4.26. The summed E-state index contributed by atoms with van der Waals surface area (Å²) in [6.45, 7) is 2.57. The molecule has 1 aromatic heterocycles. The Morgan fingerprint density at radius 3 is 2.37 bits per heavy atom. The van der Waals surface area contributed by atoms with Gasteiger partial charge in [0, 0.05) is 12.0 Å². The predicted octanol–water partition coefficient (Wildman–Crippen LogP) is 4.98. The molecule has 1 unspecified atom stereocenters. The standard InChI is InChI=1S/C20H17F3N2O2/c1-19(10-11-26-19)18-25-24-17(27-18)16-5-3-2-4-14(16)12-13-6-8-15(9-7-13)20(21,22)23/h2-9H,10-12H2,1H3. The summed E-state index contributed by atoms with van der Waals surface area (Å²) in [6.07, 6.45) is -3.06. The number of benzene rings is 2. The molecule has 0 N–H and O–H groups in total. The molecule has 2 aromatic carbocycles. The third-order valence-electron chi connectivity index (χ3n) is 4.80. The van der Waals surface area contributed by atoms with Crippen LogP contribution >= 0.6 is 0 Å². The second kappa shape index (κ2) is 6.49. The van der Waals surface area contributed by atoms with Crippen LogP contribution in [-0.2, 0) is 22.9 Å². The first-order valence-electron chi connectivity index (χ1n) is 8.57. The molecule has 0 amide bonds. The lowest BCUT2D eigenvalue weighted by Crippen LogP contribution is -2.37. The fourth-order valence-electron chi connectivity index (χ4n) is 3.04. The van der Waals surface area contributed by atoms with Crippen LogP contribution in [0.5, 0.6) is 0 Å². The zero-order valence-corrected chi connectivity index (χ0v) is 14.6. The van der Waals surface area contributed by atoms with E-state index in [0.29, 0.717) is 24.8 Å². The predicted molar refractivity (Wildman–Crippen MR) is 91.9 cm³/mol. The molecule has 0 aliphatic carbocycles. The molecule has 0 radical (unpaired) electrons. The van der Waals surface area contributed by atoms with Gasteiger partial charge in [-0.15, -0.1) is 10.2 Å². The van der Waals surface area contributed by atoms with Crippen LogP contribution in [0.25, 0.3) is 11.5 Å². The fraction of sp³-hybridized carbons (Fsp3) is 0.300. The molecular formula is C20H17F3N2O2. The second-order valence-corrected chi connectivity index (χ2v) is 6.77. The zero-order chi connectivity index (χ0) is 19.1. The third kappa shape index (κ3) is 3.47. The van der Waals surface area contributed by atoms with E-state index in [0.717, 1.165) is 35.2 Å². The van der Waals surface area contributed by atoms with E-state index in [4.69, 9.17) is 9.15 Å². The number of hydrogen-bond donors (Lipinski definition) is 0. The first-order valence-corrected chi connectivity index (χ1v) is 8.57. The van der Waals surface area contributed by atoms with Crippen molar-refractivity contribution >= 4 is 0 Å². The molecule has 1 aliphatic rings. The lowest BCUT2D eigenvalue weighted by Gasteiger charge is -2.34. The fourth-order valence-corrected chi connectivity index (χ4v) is 3.04. The summed E-state index contributed by atoms with van der Waals surface area (Å²) in [4.78, 5) is 0. The Morgan fingerprint density at radius 1 is 1.04 bits per heavy atom. The minimum absolute atomic E-state index is 0.379. The average Bonchev–Trinajstić information content (AvgIpc) is 3.10. The quantitative estimate of drug-likeness (QED) is 0.646. The Labute approximate surface area is 154 Å². The van der Waals surface area contributed by atoms with Crippen LogP contribution in [0.2, 0.25) is 0 Å². The summed E-state index contributed by atoms with van der Waals surface area (Å²) >= 11 is 0. The molecule has 2 heterocycles. The highest BCUT2D eigenvalue weighted by Gasteiger charge is 2.40. The maximum Gasteiger partial charge on any atom is 0.416 e. The number of hydrogen-bond acceptors (Lipinski definition) is 4. The van der Waals surface area contributed by atoms with E-state index < -0.39 is 17.3 Å². The van der Waals surface area contributed by atoms with Crippen molar-refractivity contribution in [3.63, 3.8) is 0 Å². The highest BCUT2D eigenvalue weighted by molar-refractivity contribution is 5.59. The SMILES string of the molecule is CC1(c2nnc(-c3ccccc3Cc3ccc(C(F)(F)F)cc3)o2)CCO1. The molecule has 1 atom stereocenters. The molecule has 4 rings (SSSR count). The molecule has 0 bridgehead atoms. The van der Waals surface area contributed by atoms with E-state index >= 15 is 0 Å². The summed E-state index contributed by atoms with van der Waals surface area (Å²) in [7, 11) is 0. The van der Waals surface area contributed by atoms with Crippen LogP contribution in [0.4, 0.5) is 13.2 Å². The van der Waals surface area contributed by atoms with Gasteiger partial charge in [0.15, 0.2) is 0 Å². The van der Waals surface area contributed by atoms with Crippen molar-refractivity contribution in [1.82, 2.24) is 10.2 Å². The average molecular weight is 374 g/mol. The Bertz CT molecular complexity index is 944. The highest BCUT2D eigenvalue weighted by Crippen LogP contribution is 2.37. The van der Waals surface area contributed by atoms with Crippen LogP contribution in [0, 0.1) is 0 Å². The molecule has 7 heteroatoms. The van der Waals surface area contributed by atoms with Crippen LogP contribution in [-0.4, -0.2) is 16.8 Å². The number of alkyl halides is 3. The van der Waals surface area contributed by atoms with Crippen molar-refractivity contribution < 1.29 is 22.3 Å². The van der Waals surface area contributed by atoms with Crippen molar-refractivity contribution in [3.8, 4) is 11.5 Å². The topological polar surface area (TPSA) is 48.2 Å². The van der Waals surface area contributed by atoms with Crippen LogP contribution < -0.4 is 0 Å². The smallest absolute Gasteiger partial charge is 0.416 e. The van der Waals surface area contributed by atoms with E-state index in [1.807, 2.05) is 31.2 Å². The summed E-state index contributed by atoms with van der Waals surface area (Å²) in [6, 6.07) is 12.7. The zero-order valence-electron chi connectivity index (χ0n) is 14.6. The number of rotatable bonds is 4. The van der Waals surface area contributed by atoms with Gasteiger partial charge in [-0.05, 0) is 42.7 Å². The van der Waals surface area contributed by atoms with Crippen molar-refractivity contribution in [2.75, 3.05) is 6.61 Å². The second-order valence-electron chi connectivity index (χ2n) is 6.77. The van der Waals surface area contributed by atoms with Crippen molar-refractivity contribution in [1.29, 1.82) is 0 Å². The Morgan fingerprint density at radius 2 is 1.74 bits per heavy atom. The monoisotopic (exact) mass is 374 g/mol. The molecule has 27 heavy (non-hydrogen) atoms. The summed E-state index contributed by atoms with van der Waals surface area (Å²) < 4.78 is 49.5. The van der Waals surface area contributed by atoms with Crippen molar-refractivity contribution in [2.24, 2.45) is 0 Å². The van der Waals surface area contributed by atoms with Gasteiger partial charge in [0.2, 0.25) is 11.8 Å². The molecule has 0 spiro atoms. The largest absolute Gasteiger partial charge is 0.418 e. The third-order valence-corrected chi connectivity index (χ3v) is 4.80.